The van der Waals surface area contributed by atoms with Crippen LogP contribution in [0.4, 0.5) is 0 Å². The van der Waals surface area contributed by atoms with Crippen LogP contribution < -0.4 is 15.7 Å². The molecule has 2 rings (SSSR count). The van der Waals surface area contributed by atoms with Crippen LogP contribution in [0.1, 0.15) is 18.7 Å². The third kappa shape index (κ3) is 2.14. The second-order valence-corrected chi connectivity index (χ2v) is 3.85. The first-order valence-corrected chi connectivity index (χ1v) is 5.41. The van der Waals surface area contributed by atoms with E-state index in [1.165, 1.54) is 0 Å². The summed E-state index contributed by atoms with van der Waals surface area (Å²) in [7, 11) is 3.46. The topological polar surface area (TPSA) is 67.0 Å². The molecule has 1 aromatic heterocycles. The van der Waals surface area contributed by atoms with Gasteiger partial charge >= 0.3 is 5.69 Å². The van der Waals surface area contributed by atoms with Gasteiger partial charge in [0, 0.05) is 17.1 Å². The Balaban J connectivity index is 2.74. The highest BCUT2D eigenvalue weighted by molar-refractivity contribution is 5.82. The van der Waals surface area contributed by atoms with Gasteiger partial charge in [-0.25, -0.2) is 4.79 Å². The van der Waals surface area contributed by atoms with Crippen molar-refractivity contribution in [2.24, 2.45) is 0 Å². The molecule has 0 aliphatic heterocycles. The summed E-state index contributed by atoms with van der Waals surface area (Å²) in [5.74, 6) is 0.746. The smallest absolute Gasteiger partial charge is 0.345 e. The first-order chi connectivity index (χ1) is 8.15. The van der Waals surface area contributed by atoms with Gasteiger partial charge in [-0.1, -0.05) is 0 Å². The van der Waals surface area contributed by atoms with Crippen LogP contribution in [0.15, 0.2) is 23.0 Å². The van der Waals surface area contributed by atoms with Gasteiger partial charge < -0.3 is 15.0 Å². The van der Waals surface area contributed by atoms with E-state index in [1.54, 1.807) is 19.2 Å². The molecule has 1 aromatic carbocycles. The van der Waals surface area contributed by atoms with Crippen molar-refractivity contribution in [2.75, 3.05) is 14.2 Å². The quantitative estimate of drug-likeness (QED) is 0.836. The molecule has 5 nitrogen and oxygen atoms in total. The third-order valence-corrected chi connectivity index (χ3v) is 2.82. The number of rotatable bonds is 3. The van der Waals surface area contributed by atoms with Gasteiger partial charge in [-0.05, 0) is 32.2 Å². The van der Waals surface area contributed by atoms with Gasteiger partial charge in [0.1, 0.15) is 5.75 Å². The Hall–Kier alpha value is -1.88. The lowest BCUT2D eigenvalue weighted by Crippen LogP contribution is -2.20. The Morgan fingerprint density at radius 1 is 1.47 bits per heavy atom. The second kappa shape index (κ2) is 4.55. The lowest BCUT2D eigenvalue weighted by atomic mass is 10.1. The van der Waals surface area contributed by atoms with Crippen LogP contribution in [0.5, 0.6) is 5.75 Å². The molecule has 1 heterocycles. The summed E-state index contributed by atoms with van der Waals surface area (Å²) >= 11 is 0. The lowest BCUT2D eigenvalue weighted by Gasteiger charge is -2.13. The Bertz CT molecular complexity index is 592. The molecule has 1 atom stereocenters. The molecule has 0 aliphatic rings. The summed E-state index contributed by atoms with van der Waals surface area (Å²) in [5.41, 5.74) is 1.16. The zero-order chi connectivity index (χ0) is 12.4. The van der Waals surface area contributed by atoms with Crippen molar-refractivity contribution in [1.29, 1.82) is 0 Å². The number of nitrogens with zero attached hydrogens (tertiary/aromatic N) is 1. The fourth-order valence-electron chi connectivity index (χ4n) is 1.76. The molecule has 0 fully saturated rings. The second-order valence-electron chi connectivity index (χ2n) is 3.85. The van der Waals surface area contributed by atoms with E-state index in [2.05, 4.69) is 15.3 Å². The molecule has 17 heavy (non-hydrogen) atoms. The van der Waals surface area contributed by atoms with E-state index in [1.807, 2.05) is 20.0 Å². The highest BCUT2D eigenvalue weighted by Crippen LogP contribution is 2.23. The molecule has 0 amide bonds. The number of methoxy groups -OCH3 is 1. The van der Waals surface area contributed by atoms with Crippen molar-refractivity contribution in [3.63, 3.8) is 0 Å². The first kappa shape index (κ1) is 11.6. The van der Waals surface area contributed by atoms with E-state index in [0.29, 0.717) is 5.52 Å². The van der Waals surface area contributed by atoms with Gasteiger partial charge in [0.25, 0.3) is 0 Å². The monoisotopic (exact) mass is 233 g/mol. The van der Waals surface area contributed by atoms with Crippen molar-refractivity contribution >= 4 is 10.9 Å². The van der Waals surface area contributed by atoms with E-state index in [9.17, 15) is 4.79 Å². The van der Waals surface area contributed by atoms with Crippen LogP contribution >= 0.6 is 0 Å². The Kier molecular flexibility index (Phi) is 3.10. The van der Waals surface area contributed by atoms with E-state index in [4.69, 9.17) is 4.74 Å². The molecule has 2 N–H and O–H groups in total. The summed E-state index contributed by atoms with van der Waals surface area (Å²) < 4.78 is 5.18. The fraction of sp³-hybridized carbons (Fsp3) is 0.333. The van der Waals surface area contributed by atoms with Crippen LogP contribution in [0.2, 0.25) is 0 Å². The van der Waals surface area contributed by atoms with E-state index in [0.717, 1.165) is 16.8 Å². The Morgan fingerprint density at radius 3 is 2.88 bits per heavy atom. The zero-order valence-electron chi connectivity index (χ0n) is 10.1. The normalized spacial score (nSPS) is 12.6. The number of nitrogens with one attached hydrogen (secondary N) is 2. The van der Waals surface area contributed by atoms with Crippen molar-refractivity contribution in [1.82, 2.24) is 15.3 Å². The SMILES string of the molecule is CNC(C)c1[nH]c(=O)nc2ccc(OC)cc12. The minimum absolute atomic E-state index is 0.0420. The average molecular weight is 233 g/mol. The molecule has 5 heteroatoms. The van der Waals surface area contributed by atoms with E-state index < -0.39 is 0 Å². The van der Waals surface area contributed by atoms with Gasteiger partial charge in [-0.3, -0.25) is 0 Å². The minimum atomic E-state index is -0.334. The molecule has 0 aliphatic carbocycles. The number of benzene rings is 1. The molecule has 2 aromatic rings. The van der Waals surface area contributed by atoms with Gasteiger partial charge in [-0.2, -0.15) is 4.98 Å². The summed E-state index contributed by atoms with van der Waals surface area (Å²) in [6.45, 7) is 1.98. The van der Waals surface area contributed by atoms with E-state index in [-0.39, 0.29) is 11.7 Å². The summed E-state index contributed by atoms with van der Waals surface area (Å²) in [6, 6.07) is 5.50. The number of fused-ring (bicyclic) bond motifs is 1. The summed E-state index contributed by atoms with van der Waals surface area (Å²) in [6.07, 6.45) is 0. The predicted molar refractivity (Wildman–Crippen MR) is 66.4 cm³/mol. The maximum Gasteiger partial charge on any atom is 0.345 e. The highest BCUT2D eigenvalue weighted by atomic mass is 16.5. The van der Waals surface area contributed by atoms with Crippen molar-refractivity contribution < 1.29 is 4.74 Å². The summed E-state index contributed by atoms with van der Waals surface area (Å²) in [4.78, 5) is 18.2. The van der Waals surface area contributed by atoms with Gasteiger partial charge in [0.2, 0.25) is 0 Å². The van der Waals surface area contributed by atoms with Crippen LogP contribution in [0, 0.1) is 0 Å². The van der Waals surface area contributed by atoms with Crippen molar-refractivity contribution in [3.8, 4) is 5.75 Å². The first-order valence-electron chi connectivity index (χ1n) is 5.41. The number of ether oxygens (including phenoxy) is 1. The van der Waals surface area contributed by atoms with Gasteiger partial charge in [0.15, 0.2) is 0 Å². The molecular weight excluding hydrogens is 218 g/mol. The van der Waals surface area contributed by atoms with Crippen LogP contribution in [0.3, 0.4) is 0 Å². The molecule has 0 spiro atoms. The Morgan fingerprint density at radius 2 is 2.24 bits per heavy atom. The predicted octanol–water partition coefficient (Wildman–Crippen LogP) is 1.21. The molecule has 0 radical (unpaired) electrons. The van der Waals surface area contributed by atoms with Crippen LogP contribution in [-0.4, -0.2) is 24.1 Å². The standard InChI is InChI=1S/C12H15N3O2/c1-7(13-2)11-9-6-8(17-3)4-5-10(9)14-12(16)15-11/h4-7,13H,1-3H3,(H,14,15,16). The largest absolute Gasteiger partial charge is 0.497 e. The van der Waals surface area contributed by atoms with Crippen molar-refractivity contribution in [3.05, 3.63) is 34.4 Å². The lowest BCUT2D eigenvalue weighted by molar-refractivity contribution is 0.415. The number of aromatic nitrogens is 2. The van der Waals surface area contributed by atoms with Gasteiger partial charge in [0.05, 0.1) is 12.6 Å². The molecule has 0 saturated heterocycles. The Labute approximate surface area is 98.8 Å². The fourth-order valence-corrected chi connectivity index (χ4v) is 1.76. The minimum Gasteiger partial charge on any atom is -0.497 e. The number of H-pyrrole nitrogens is 1. The number of aromatic amines is 1. The maximum atomic E-state index is 11.5. The molecular formula is C12H15N3O2. The maximum absolute atomic E-state index is 11.5. The molecule has 90 valence electrons. The molecule has 0 saturated carbocycles. The van der Waals surface area contributed by atoms with E-state index >= 15 is 0 Å². The average Bonchev–Trinajstić information content (AvgIpc) is 2.36. The summed E-state index contributed by atoms with van der Waals surface area (Å²) in [5, 5.41) is 3.99. The van der Waals surface area contributed by atoms with Gasteiger partial charge in [-0.15, -0.1) is 0 Å². The third-order valence-electron chi connectivity index (χ3n) is 2.82. The number of hydrogen-bond acceptors (Lipinski definition) is 4. The molecule has 1 unspecified atom stereocenters. The van der Waals surface area contributed by atoms with Crippen molar-refractivity contribution in [2.45, 2.75) is 13.0 Å². The zero-order valence-corrected chi connectivity index (χ0v) is 10.1. The highest BCUT2D eigenvalue weighted by Gasteiger charge is 2.11. The molecule has 0 bridgehead atoms. The van der Waals surface area contributed by atoms with Crippen LogP contribution in [-0.2, 0) is 0 Å². The number of hydrogen-bond donors (Lipinski definition) is 2. The van der Waals surface area contributed by atoms with Crippen LogP contribution in [0.25, 0.3) is 10.9 Å².